The number of nitriles is 1. The topological polar surface area (TPSA) is 53.6 Å². The van der Waals surface area contributed by atoms with Crippen LogP contribution in [0.1, 0.15) is 18.1 Å². The van der Waals surface area contributed by atoms with E-state index in [-0.39, 0.29) is 6.04 Å². The van der Waals surface area contributed by atoms with E-state index in [1.54, 1.807) is 6.20 Å². The third-order valence-corrected chi connectivity index (χ3v) is 2.72. The predicted octanol–water partition coefficient (Wildman–Crippen LogP) is 2.56. The first-order chi connectivity index (χ1) is 8.69. The van der Waals surface area contributed by atoms with Crippen LogP contribution in [-0.4, -0.2) is 15.8 Å². The molecule has 1 N–H and O–H groups in total. The molecule has 0 aliphatic rings. The highest BCUT2D eigenvalue weighted by atomic mass is 15.3. The molecule has 1 aromatic carbocycles. The number of benzene rings is 1. The smallest absolute Gasteiger partial charge is 0.101 e. The van der Waals surface area contributed by atoms with Crippen LogP contribution >= 0.6 is 0 Å². The fourth-order valence-electron chi connectivity index (χ4n) is 1.88. The molecule has 0 amide bonds. The molecule has 92 valence electrons. The fraction of sp³-hybridized carbons (Fsp3) is 0.286. The number of nitrogens with one attached hydrogen (secondary N) is 1. The van der Waals surface area contributed by atoms with E-state index in [0.717, 1.165) is 17.8 Å². The van der Waals surface area contributed by atoms with Gasteiger partial charge in [0.05, 0.1) is 17.8 Å². The minimum Gasteiger partial charge on any atom is -0.380 e. The second kappa shape index (κ2) is 5.37. The number of aryl methyl sites for hydroxylation is 1. The third-order valence-electron chi connectivity index (χ3n) is 2.72. The lowest BCUT2D eigenvalue weighted by Crippen LogP contribution is -2.22. The molecule has 0 aliphatic carbocycles. The molecule has 0 saturated carbocycles. The van der Waals surface area contributed by atoms with Gasteiger partial charge >= 0.3 is 0 Å². The molecule has 2 aromatic rings. The standard InChI is InChI=1S/C14H16N4/c1-11-4-5-14(13(8-11)9-15)17-12(2)10-18-7-3-6-16-18/h3-8,12,17H,10H2,1-2H3. The van der Waals surface area contributed by atoms with E-state index >= 15 is 0 Å². The molecule has 2 rings (SSSR count). The molecule has 1 heterocycles. The summed E-state index contributed by atoms with van der Waals surface area (Å²) in [6, 6.07) is 10.2. The van der Waals surface area contributed by atoms with Gasteiger partial charge in [-0.3, -0.25) is 4.68 Å². The van der Waals surface area contributed by atoms with Crippen LogP contribution in [-0.2, 0) is 6.54 Å². The average Bonchev–Trinajstić information content (AvgIpc) is 2.84. The van der Waals surface area contributed by atoms with Gasteiger partial charge in [0.1, 0.15) is 6.07 Å². The first-order valence-corrected chi connectivity index (χ1v) is 5.94. The van der Waals surface area contributed by atoms with Crippen molar-refractivity contribution in [1.29, 1.82) is 5.26 Å². The van der Waals surface area contributed by atoms with Crippen molar-refractivity contribution in [3.05, 3.63) is 47.8 Å². The number of hydrogen-bond acceptors (Lipinski definition) is 3. The Labute approximate surface area is 107 Å². The Kier molecular flexibility index (Phi) is 3.63. The lowest BCUT2D eigenvalue weighted by atomic mass is 10.1. The Morgan fingerprint density at radius 1 is 1.50 bits per heavy atom. The molecule has 1 atom stereocenters. The monoisotopic (exact) mass is 240 g/mol. The summed E-state index contributed by atoms with van der Waals surface area (Å²) in [6.45, 7) is 4.83. The van der Waals surface area contributed by atoms with Gasteiger partial charge < -0.3 is 5.32 Å². The van der Waals surface area contributed by atoms with Crippen molar-refractivity contribution in [2.75, 3.05) is 5.32 Å². The zero-order valence-electron chi connectivity index (χ0n) is 10.6. The van der Waals surface area contributed by atoms with Crippen LogP contribution in [0.2, 0.25) is 0 Å². The van der Waals surface area contributed by atoms with E-state index in [1.807, 2.05) is 42.1 Å². The van der Waals surface area contributed by atoms with Crippen molar-refractivity contribution in [1.82, 2.24) is 9.78 Å². The SMILES string of the molecule is Cc1ccc(NC(C)Cn2cccn2)c(C#N)c1. The van der Waals surface area contributed by atoms with E-state index in [0.29, 0.717) is 5.56 Å². The van der Waals surface area contributed by atoms with Crippen molar-refractivity contribution in [3.63, 3.8) is 0 Å². The summed E-state index contributed by atoms with van der Waals surface area (Å²) in [5.74, 6) is 0. The van der Waals surface area contributed by atoms with Gasteiger partial charge in [-0.15, -0.1) is 0 Å². The fourth-order valence-corrected chi connectivity index (χ4v) is 1.88. The predicted molar refractivity (Wildman–Crippen MR) is 71.2 cm³/mol. The maximum Gasteiger partial charge on any atom is 0.101 e. The van der Waals surface area contributed by atoms with Crippen LogP contribution in [0.15, 0.2) is 36.7 Å². The quantitative estimate of drug-likeness (QED) is 0.893. The Bertz CT molecular complexity index is 552. The van der Waals surface area contributed by atoms with Crippen molar-refractivity contribution < 1.29 is 0 Å². The van der Waals surface area contributed by atoms with Crippen LogP contribution in [0.4, 0.5) is 5.69 Å². The Balaban J connectivity index is 2.07. The molecule has 0 saturated heterocycles. The molecule has 1 unspecified atom stereocenters. The van der Waals surface area contributed by atoms with Crippen LogP contribution < -0.4 is 5.32 Å². The number of anilines is 1. The third kappa shape index (κ3) is 2.89. The summed E-state index contributed by atoms with van der Waals surface area (Å²) < 4.78 is 1.87. The van der Waals surface area contributed by atoms with E-state index in [1.165, 1.54) is 0 Å². The normalized spacial score (nSPS) is 11.8. The molecule has 0 aliphatic heterocycles. The Hall–Kier alpha value is -2.28. The molecule has 0 fully saturated rings. The molecule has 0 radical (unpaired) electrons. The molecule has 18 heavy (non-hydrogen) atoms. The van der Waals surface area contributed by atoms with Gasteiger partial charge in [-0.05, 0) is 37.6 Å². The summed E-state index contributed by atoms with van der Waals surface area (Å²) in [6.07, 6.45) is 3.69. The minimum absolute atomic E-state index is 0.208. The second-order valence-electron chi connectivity index (χ2n) is 4.43. The Morgan fingerprint density at radius 2 is 2.33 bits per heavy atom. The summed E-state index contributed by atoms with van der Waals surface area (Å²) in [7, 11) is 0. The average molecular weight is 240 g/mol. The molecule has 4 nitrogen and oxygen atoms in total. The van der Waals surface area contributed by atoms with E-state index < -0.39 is 0 Å². The van der Waals surface area contributed by atoms with Crippen LogP contribution in [0.25, 0.3) is 0 Å². The zero-order chi connectivity index (χ0) is 13.0. The number of rotatable bonds is 4. The van der Waals surface area contributed by atoms with Crippen molar-refractivity contribution in [2.45, 2.75) is 26.4 Å². The van der Waals surface area contributed by atoms with E-state index in [9.17, 15) is 0 Å². The molecular formula is C14H16N4. The van der Waals surface area contributed by atoms with Crippen LogP contribution in [0.3, 0.4) is 0 Å². The van der Waals surface area contributed by atoms with E-state index in [2.05, 4.69) is 23.4 Å². The number of hydrogen-bond donors (Lipinski definition) is 1. The lowest BCUT2D eigenvalue weighted by molar-refractivity contribution is 0.561. The van der Waals surface area contributed by atoms with Crippen molar-refractivity contribution in [2.24, 2.45) is 0 Å². The maximum absolute atomic E-state index is 9.10. The summed E-state index contributed by atoms with van der Waals surface area (Å²) in [5, 5.41) is 16.6. The van der Waals surface area contributed by atoms with Gasteiger partial charge in [-0.2, -0.15) is 10.4 Å². The maximum atomic E-state index is 9.10. The Morgan fingerprint density at radius 3 is 3.00 bits per heavy atom. The van der Waals surface area contributed by atoms with Gasteiger partial charge in [0, 0.05) is 18.4 Å². The van der Waals surface area contributed by atoms with Gasteiger partial charge in [0.2, 0.25) is 0 Å². The first kappa shape index (κ1) is 12.2. The highest BCUT2D eigenvalue weighted by molar-refractivity contribution is 5.58. The van der Waals surface area contributed by atoms with Gasteiger partial charge in [0.25, 0.3) is 0 Å². The largest absolute Gasteiger partial charge is 0.380 e. The van der Waals surface area contributed by atoms with Crippen molar-refractivity contribution in [3.8, 4) is 6.07 Å². The molecular weight excluding hydrogens is 224 g/mol. The number of aromatic nitrogens is 2. The van der Waals surface area contributed by atoms with Crippen molar-refractivity contribution >= 4 is 5.69 Å². The molecule has 0 spiro atoms. The summed E-state index contributed by atoms with van der Waals surface area (Å²) >= 11 is 0. The van der Waals surface area contributed by atoms with Gasteiger partial charge in [-0.25, -0.2) is 0 Å². The summed E-state index contributed by atoms with van der Waals surface area (Å²) in [5.41, 5.74) is 2.65. The van der Waals surface area contributed by atoms with Crippen LogP contribution in [0.5, 0.6) is 0 Å². The number of nitrogens with zero attached hydrogens (tertiary/aromatic N) is 3. The van der Waals surface area contributed by atoms with Gasteiger partial charge in [0.15, 0.2) is 0 Å². The first-order valence-electron chi connectivity index (χ1n) is 5.94. The summed E-state index contributed by atoms with van der Waals surface area (Å²) in [4.78, 5) is 0. The highest BCUT2D eigenvalue weighted by Gasteiger charge is 2.07. The molecule has 4 heteroatoms. The minimum atomic E-state index is 0.208. The second-order valence-corrected chi connectivity index (χ2v) is 4.43. The van der Waals surface area contributed by atoms with Gasteiger partial charge in [-0.1, -0.05) is 6.07 Å². The zero-order valence-corrected chi connectivity index (χ0v) is 10.6. The highest BCUT2D eigenvalue weighted by Crippen LogP contribution is 2.17. The van der Waals surface area contributed by atoms with Crippen LogP contribution in [0, 0.1) is 18.3 Å². The molecule has 0 bridgehead atoms. The lowest BCUT2D eigenvalue weighted by Gasteiger charge is -2.16. The molecule has 1 aromatic heterocycles. The van der Waals surface area contributed by atoms with E-state index in [4.69, 9.17) is 5.26 Å².